The fourth-order valence-corrected chi connectivity index (χ4v) is 7.68. The van der Waals surface area contributed by atoms with E-state index in [-0.39, 0.29) is 10.7 Å². The lowest BCUT2D eigenvalue weighted by atomic mass is 10.1. The molecule has 0 spiro atoms. The highest BCUT2D eigenvalue weighted by Gasteiger charge is 2.42. The van der Waals surface area contributed by atoms with Crippen LogP contribution in [0.15, 0.2) is 91.0 Å². The third-order valence-corrected chi connectivity index (χ3v) is 14.3. The molecule has 3 aromatic rings. The van der Waals surface area contributed by atoms with Gasteiger partial charge in [0.1, 0.15) is 0 Å². The number of rotatable bonds is 7. The van der Waals surface area contributed by atoms with E-state index < -0.39 is 15.5 Å². The van der Waals surface area contributed by atoms with Gasteiger partial charge in [-0.15, -0.1) is 0 Å². The topological polar surface area (TPSA) is 26.3 Å². The molecule has 158 valence electrons. The van der Waals surface area contributed by atoms with E-state index in [1.165, 1.54) is 0 Å². The smallest absolute Gasteiger partial charge is 0.192 e. The predicted octanol–water partition coefficient (Wildman–Crippen LogP) is 6.76. The molecule has 0 saturated heterocycles. The number of hydrogen-bond acceptors (Lipinski definition) is 2. The molecular formula is C26H33O2PSi. The maximum atomic E-state index is 15.0. The Morgan fingerprint density at radius 1 is 0.767 bits per heavy atom. The van der Waals surface area contributed by atoms with E-state index in [0.717, 1.165) is 16.2 Å². The van der Waals surface area contributed by atoms with Gasteiger partial charge in [0.05, 0.1) is 5.66 Å². The molecule has 30 heavy (non-hydrogen) atoms. The van der Waals surface area contributed by atoms with Crippen LogP contribution < -0.4 is 10.6 Å². The fourth-order valence-electron chi connectivity index (χ4n) is 3.40. The van der Waals surface area contributed by atoms with E-state index >= 15 is 4.57 Å². The summed E-state index contributed by atoms with van der Waals surface area (Å²) in [7, 11) is -5.00. The normalized spacial score (nSPS) is 13.8. The summed E-state index contributed by atoms with van der Waals surface area (Å²) in [6.07, 6.45) is 0. The molecule has 0 amide bonds. The van der Waals surface area contributed by atoms with Gasteiger partial charge in [0, 0.05) is 17.2 Å². The summed E-state index contributed by atoms with van der Waals surface area (Å²) in [6, 6.07) is 30.0. The van der Waals surface area contributed by atoms with E-state index in [0.29, 0.717) is 6.61 Å². The number of benzene rings is 3. The molecule has 3 aromatic carbocycles. The average molecular weight is 437 g/mol. The minimum absolute atomic E-state index is 0.0950. The Bertz CT molecular complexity index is 936. The standard InChI is InChI=1S/C26H33O2PSi/c1-26(2,3)30(4,5)28-21-25(22-15-9-6-10-16-22)29(27,23-17-11-7-12-18-23)24-19-13-8-14-20-24/h6-20,25H,21H2,1-5H3. The largest absolute Gasteiger partial charge is 0.416 e. The van der Waals surface area contributed by atoms with Crippen LogP contribution in [-0.2, 0) is 8.99 Å². The zero-order chi connectivity index (χ0) is 21.8. The van der Waals surface area contributed by atoms with Gasteiger partial charge in [0.15, 0.2) is 15.5 Å². The summed E-state index contributed by atoms with van der Waals surface area (Å²) >= 11 is 0. The second-order valence-corrected chi connectivity index (χ2v) is 17.1. The van der Waals surface area contributed by atoms with Crippen LogP contribution in [0, 0.1) is 0 Å². The lowest BCUT2D eigenvalue weighted by molar-refractivity contribution is 0.285. The van der Waals surface area contributed by atoms with Crippen molar-refractivity contribution >= 4 is 26.1 Å². The van der Waals surface area contributed by atoms with Crippen molar-refractivity contribution in [1.29, 1.82) is 0 Å². The molecule has 0 fully saturated rings. The van der Waals surface area contributed by atoms with Crippen molar-refractivity contribution in [2.45, 2.75) is 44.6 Å². The molecule has 0 heterocycles. The van der Waals surface area contributed by atoms with Gasteiger partial charge in [-0.1, -0.05) is 112 Å². The monoisotopic (exact) mass is 436 g/mol. The molecular weight excluding hydrogens is 403 g/mol. The van der Waals surface area contributed by atoms with Crippen LogP contribution in [0.5, 0.6) is 0 Å². The summed E-state index contributed by atoms with van der Waals surface area (Å²) in [6.45, 7) is 11.7. The summed E-state index contributed by atoms with van der Waals surface area (Å²) in [5.41, 5.74) is 0.824. The third kappa shape index (κ3) is 4.69. The lowest BCUT2D eigenvalue weighted by Gasteiger charge is -2.38. The first-order valence-corrected chi connectivity index (χ1v) is 15.2. The van der Waals surface area contributed by atoms with Crippen LogP contribution in [0.2, 0.25) is 18.1 Å². The van der Waals surface area contributed by atoms with Gasteiger partial charge in [0.25, 0.3) is 0 Å². The maximum Gasteiger partial charge on any atom is 0.192 e. The van der Waals surface area contributed by atoms with E-state index in [2.05, 4.69) is 46.0 Å². The van der Waals surface area contributed by atoms with Gasteiger partial charge in [0.2, 0.25) is 0 Å². The van der Waals surface area contributed by atoms with Gasteiger partial charge in [-0.2, -0.15) is 0 Å². The van der Waals surface area contributed by atoms with Crippen LogP contribution in [0.25, 0.3) is 0 Å². The molecule has 0 bridgehead atoms. The first kappa shape index (κ1) is 22.7. The Morgan fingerprint density at radius 2 is 1.17 bits per heavy atom. The molecule has 0 aliphatic rings. The predicted molar refractivity (Wildman–Crippen MR) is 132 cm³/mol. The Kier molecular flexibility index (Phi) is 6.87. The molecule has 1 unspecified atom stereocenters. The molecule has 0 aromatic heterocycles. The molecule has 4 heteroatoms. The lowest BCUT2D eigenvalue weighted by Crippen LogP contribution is -2.42. The zero-order valence-corrected chi connectivity index (χ0v) is 20.6. The second-order valence-electron chi connectivity index (χ2n) is 9.33. The van der Waals surface area contributed by atoms with Gasteiger partial charge in [-0.05, 0) is 23.7 Å². The second kappa shape index (κ2) is 9.06. The minimum atomic E-state index is -3.00. The molecule has 1 atom stereocenters. The highest BCUT2D eigenvalue weighted by Crippen LogP contribution is 2.57. The van der Waals surface area contributed by atoms with Crippen molar-refractivity contribution < 1.29 is 8.99 Å². The molecule has 3 rings (SSSR count). The Balaban J connectivity index is 2.15. The third-order valence-electron chi connectivity index (χ3n) is 6.31. The van der Waals surface area contributed by atoms with Crippen LogP contribution in [0.1, 0.15) is 32.0 Å². The summed E-state index contributed by atoms with van der Waals surface area (Å²) in [5.74, 6) is 0. The summed E-state index contributed by atoms with van der Waals surface area (Å²) in [4.78, 5) is 0. The maximum absolute atomic E-state index is 15.0. The van der Waals surface area contributed by atoms with E-state index in [1.807, 2.05) is 78.9 Å². The Hall–Kier alpha value is -1.93. The van der Waals surface area contributed by atoms with Gasteiger partial charge >= 0.3 is 0 Å². The van der Waals surface area contributed by atoms with Crippen LogP contribution >= 0.6 is 7.14 Å². The molecule has 0 aliphatic carbocycles. The quantitative estimate of drug-likeness (QED) is 0.302. The van der Waals surface area contributed by atoms with Crippen molar-refractivity contribution in [3.8, 4) is 0 Å². The highest BCUT2D eigenvalue weighted by atomic mass is 31.2. The van der Waals surface area contributed by atoms with Crippen molar-refractivity contribution in [1.82, 2.24) is 0 Å². The fraction of sp³-hybridized carbons (Fsp3) is 0.308. The molecule has 0 aliphatic heterocycles. The van der Waals surface area contributed by atoms with Crippen molar-refractivity contribution in [2.24, 2.45) is 0 Å². The van der Waals surface area contributed by atoms with Crippen molar-refractivity contribution in [3.05, 3.63) is 96.6 Å². The zero-order valence-electron chi connectivity index (χ0n) is 18.7. The van der Waals surface area contributed by atoms with E-state index in [1.54, 1.807) is 0 Å². The minimum Gasteiger partial charge on any atom is -0.416 e. The van der Waals surface area contributed by atoms with Crippen LogP contribution in [-0.4, -0.2) is 14.9 Å². The SMILES string of the molecule is CC(C)(C)[Si](C)(C)OCC(c1ccccc1)P(=O)(c1ccccc1)c1ccccc1. The first-order chi connectivity index (χ1) is 14.2. The van der Waals surface area contributed by atoms with Crippen molar-refractivity contribution in [2.75, 3.05) is 6.61 Å². The highest BCUT2D eigenvalue weighted by molar-refractivity contribution is 7.79. The Labute approximate surface area is 182 Å². The molecule has 0 N–H and O–H groups in total. The summed E-state index contributed by atoms with van der Waals surface area (Å²) < 4.78 is 21.7. The van der Waals surface area contributed by atoms with Crippen LogP contribution in [0.3, 0.4) is 0 Å². The molecule has 2 nitrogen and oxygen atoms in total. The van der Waals surface area contributed by atoms with Crippen LogP contribution in [0.4, 0.5) is 0 Å². The average Bonchev–Trinajstić information content (AvgIpc) is 2.75. The summed E-state index contributed by atoms with van der Waals surface area (Å²) in [5, 5.41) is 1.85. The van der Waals surface area contributed by atoms with Gasteiger partial charge < -0.3 is 8.99 Å². The Morgan fingerprint density at radius 3 is 1.57 bits per heavy atom. The van der Waals surface area contributed by atoms with E-state index in [9.17, 15) is 0 Å². The van der Waals surface area contributed by atoms with Gasteiger partial charge in [-0.3, -0.25) is 0 Å². The van der Waals surface area contributed by atoms with Crippen molar-refractivity contribution in [3.63, 3.8) is 0 Å². The van der Waals surface area contributed by atoms with Gasteiger partial charge in [-0.25, -0.2) is 0 Å². The molecule has 0 radical (unpaired) electrons. The van der Waals surface area contributed by atoms with E-state index in [4.69, 9.17) is 4.43 Å². The molecule has 0 saturated carbocycles. The number of hydrogen-bond donors (Lipinski definition) is 0. The first-order valence-electron chi connectivity index (χ1n) is 10.6.